The van der Waals surface area contributed by atoms with E-state index in [0.29, 0.717) is 18.0 Å². The SMILES string of the molecule is Cc1ccc(S(=O)(=O)Nc2ccc(OC[C@@H]3COC(C)(C)N3C(=O)OC(C)(C)C)cc2)cc1. The summed E-state index contributed by atoms with van der Waals surface area (Å²) in [7, 11) is -3.68. The number of benzene rings is 2. The Morgan fingerprint density at radius 3 is 2.30 bits per heavy atom. The predicted molar refractivity (Wildman–Crippen MR) is 126 cm³/mol. The Bertz CT molecular complexity index is 1070. The van der Waals surface area contributed by atoms with Crippen LogP contribution in [0.15, 0.2) is 53.4 Å². The smallest absolute Gasteiger partial charge is 0.413 e. The molecular weight excluding hydrogens is 444 g/mol. The summed E-state index contributed by atoms with van der Waals surface area (Å²) in [5, 5.41) is 0. The van der Waals surface area contributed by atoms with Gasteiger partial charge in [-0.2, -0.15) is 0 Å². The molecule has 0 spiro atoms. The maximum atomic E-state index is 12.7. The second kappa shape index (κ2) is 9.23. The van der Waals surface area contributed by atoms with Crippen molar-refractivity contribution in [2.45, 2.75) is 63.8 Å². The third kappa shape index (κ3) is 6.39. The standard InChI is InChI=1S/C24H32N2O6S/c1-17-7-13-21(14-8-17)33(28,29)25-18-9-11-20(12-10-18)30-15-19-16-31-24(5,6)26(19)22(27)32-23(2,3)4/h7-14,19,25H,15-16H2,1-6H3/t19-/m1/s1. The van der Waals surface area contributed by atoms with Crippen molar-refractivity contribution < 1.29 is 27.4 Å². The number of nitrogens with one attached hydrogen (secondary N) is 1. The Kier molecular flexibility index (Phi) is 6.95. The fourth-order valence-electron chi connectivity index (χ4n) is 3.43. The van der Waals surface area contributed by atoms with Crippen LogP contribution in [0.25, 0.3) is 0 Å². The van der Waals surface area contributed by atoms with Gasteiger partial charge in [0.05, 0.1) is 17.5 Å². The highest BCUT2D eigenvalue weighted by molar-refractivity contribution is 7.92. The lowest BCUT2D eigenvalue weighted by molar-refractivity contribution is -0.0637. The third-order valence-electron chi connectivity index (χ3n) is 5.04. The molecule has 2 aromatic rings. The van der Waals surface area contributed by atoms with Crippen LogP contribution in [0.3, 0.4) is 0 Å². The summed E-state index contributed by atoms with van der Waals surface area (Å²) in [5.74, 6) is 0.544. The zero-order valence-corrected chi connectivity index (χ0v) is 20.7. The molecule has 0 aliphatic carbocycles. The van der Waals surface area contributed by atoms with Gasteiger partial charge in [0.2, 0.25) is 0 Å². The van der Waals surface area contributed by atoms with Gasteiger partial charge in [-0.15, -0.1) is 0 Å². The number of ether oxygens (including phenoxy) is 3. The van der Waals surface area contributed by atoms with Gasteiger partial charge in [-0.05, 0) is 77.9 Å². The van der Waals surface area contributed by atoms with E-state index >= 15 is 0 Å². The molecule has 1 fully saturated rings. The number of sulfonamides is 1. The lowest BCUT2D eigenvalue weighted by Crippen LogP contribution is -2.51. The molecule has 1 aliphatic heterocycles. The van der Waals surface area contributed by atoms with E-state index in [1.165, 1.54) is 0 Å². The maximum absolute atomic E-state index is 12.7. The van der Waals surface area contributed by atoms with Gasteiger partial charge in [-0.3, -0.25) is 9.62 Å². The zero-order valence-electron chi connectivity index (χ0n) is 19.9. The molecule has 0 unspecified atom stereocenters. The molecule has 2 aromatic carbocycles. The molecule has 1 aliphatic rings. The number of nitrogens with zero attached hydrogens (tertiary/aromatic N) is 1. The number of amides is 1. The minimum atomic E-state index is -3.68. The van der Waals surface area contributed by atoms with Gasteiger partial charge in [-0.1, -0.05) is 17.7 Å². The normalized spacial score (nSPS) is 18.1. The molecule has 1 N–H and O–H groups in total. The van der Waals surface area contributed by atoms with Gasteiger partial charge >= 0.3 is 6.09 Å². The van der Waals surface area contributed by atoms with E-state index in [1.54, 1.807) is 53.4 Å². The summed E-state index contributed by atoms with van der Waals surface area (Å²) in [6.07, 6.45) is -0.459. The number of hydrogen-bond donors (Lipinski definition) is 1. The van der Waals surface area contributed by atoms with Gasteiger partial charge in [0.25, 0.3) is 10.0 Å². The molecule has 1 amide bonds. The van der Waals surface area contributed by atoms with Crippen LogP contribution in [0.5, 0.6) is 5.75 Å². The van der Waals surface area contributed by atoms with Gasteiger partial charge in [0.15, 0.2) is 0 Å². The molecule has 1 atom stereocenters. The average Bonchev–Trinajstić information content (AvgIpc) is 3.00. The minimum Gasteiger partial charge on any atom is -0.491 e. The topological polar surface area (TPSA) is 94.2 Å². The second-order valence-corrected chi connectivity index (χ2v) is 11.2. The molecule has 9 heteroatoms. The summed E-state index contributed by atoms with van der Waals surface area (Å²) in [6.45, 7) is 11.5. The molecule has 180 valence electrons. The quantitative estimate of drug-likeness (QED) is 0.658. The van der Waals surface area contributed by atoms with E-state index in [2.05, 4.69) is 4.72 Å². The number of carbonyl (C=O) groups is 1. The van der Waals surface area contributed by atoms with Crippen LogP contribution in [-0.4, -0.2) is 50.0 Å². The summed E-state index contributed by atoms with van der Waals surface area (Å²) in [6, 6.07) is 12.9. The van der Waals surface area contributed by atoms with Crippen LogP contribution in [0.4, 0.5) is 10.5 Å². The fraction of sp³-hybridized carbons (Fsp3) is 0.458. The highest BCUT2D eigenvalue weighted by atomic mass is 32.2. The van der Waals surface area contributed by atoms with Crippen LogP contribution in [0.2, 0.25) is 0 Å². The average molecular weight is 477 g/mol. The molecule has 0 saturated carbocycles. The van der Waals surface area contributed by atoms with E-state index < -0.39 is 27.4 Å². The van der Waals surface area contributed by atoms with Crippen molar-refractivity contribution in [3.63, 3.8) is 0 Å². The third-order valence-corrected chi connectivity index (χ3v) is 6.44. The van der Waals surface area contributed by atoms with Gasteiger partial charge in [0.1, 0.15) is 23.7 Å². The van der Waals surface area contributed by atoms with E-state index in [4.69, 9.17) is 14.2 Å². The Balaban J connectivity index is 1.63. The van der Waals surface area contributed by atoms with Gasteiger partial charge in [0, 0.05) is 5.69 Å². The summed E-state index contributed by atoms with van der Waals surface area (Å²) < 4.78 is 44.8. The number of rotatable bonds is 6. The van der Waals surface area contributed by atoms with Crippen molar-refractivity contribution >= 4 is 21.8 Å². The Morgan fingerprint density at radius 2 is 1.73 bits per heavy atom. The van der Waals surface area contributed by atoms with Crippen molar-refractivity contribution in [1.82, 2.24) is 4.90 Å². The number of anilines is 1. The van der Waals surface area contributed by atoms with Crippen LogP contribution < -0.4 is 9.46 Å². The zero-order chi connectivity index (χ0) is 24.4. The van der Waals surface area contributed by atoms with Crippen LogP contribution in [0, 0.1) is 6.92 Å². The Labute approximate surface area is 195 Å². The van der Waals surface area contributed by atoms with Crippen LogP contribution >= 0.6 is 0 Å². The van der Waals surface area contributed by atoms with Crippen LogP contribution in [0.1, 0.15) is 40.2 Å². The summed E-state index contributed by atoms with van der Waals surface area (Å²) >= 11 is 0. The van der Waals surface area contributed by atoms with Crippen molar-refractivity contribution in [3.8, 4) is 5.75 Å². The summed E-state index contributed by atoms with van der Waals surface area (Å²) in [5.41, 5.74) is -0.0300. The molecular formula is C24H32N2O6S. The Morgan fingerprint density at radius 1 is 1.12 bits per heavy atom. The van der Waals surface area contributed by atoms with Crippen LogP contribution in [-0.2, 0) is 19.5 Å². The molecule has 0 bridgehead atoms. The summed E-state index contributed by atoms with van der Waals surface area (Å²) in [4.78, 5) is 14.5. The molecule has 3 rings (SSSR count). The monoisotopic (exact) mass is 476 g/mol. The van der Waals surface area contributed by atoms with Gasteiger partial charge < -0.3 is 14.2 Å². The highest BCUT2D eigenvalue weighted by Gasteiger charge is 2.46. The largest absolute Gasteiger partial charge is 0.491 e. The number of aryl methyl sites for hydroxylation is 1. The lowest BCUT2D eigenvalue weighted by atomic mass is 10.2. The first-order valence-corrected chi connectivity index (χ1v) is 12.2. The van der Waals surface area contributed by atoms with E-state index in [0.717, 1.165) is 5.56 Å². The van der Waals surface area contributed by atoms with Crippen molar-refractivity contribution in [2.75, 3.05) is 17.9 Å². The minimum absolute atomic E-state index is 0.194. The molecule has 0 radical (unpaired) electrons. The number of hydrogen-bond acceptors (Lipinski definition) is 6. The van der Waals surface area contributed by atoms with Crippen molar-refractivity contribution in [1.29, 1.82) is 0 Å². The fourth-order valence-corrected chi connectivity index (χ4v) is 4.49. The maximum Gasteiger partial charge on any atom is 0.413 e. The van der Waals surface area contributed by atoms with E-state index in [1.807, 2.05) is 41.5 Å². The second-order valence-electron chi connectivity index (χ2n) is 9.52. The predicted octanol–water partition coefficient (Wildman–Crippen LogP) is 4.55. The Hall–Kier alpha value is -2.78. The first kappa shape index (κ1) is 24.9. The molecule has 33 heavy (non-hydrogen) atoms. The molecule has 1 heterocycles. The van der Waals surface area contributed by atoms with Gasteiger partial charge in [-0.25, -0.2) is 13.2 Å². The van der Waals surface area contributed by atoms with E-state index in [9.17, 15) is 13.2 Å². The molecule has 1 saturated heterocycles. The van der Waals surface area contributed by atoms with E-state index in [-0.39, 0.29) is 17.5 Å². The first-order chi connectivity index (χ1) is 15.3. The molecule has 8 nitrogen and oxygen atoms in total. The van der Waals surface area contributed by atoms with Crippen molar-refractivity contribution in [3.05, 3.63) is 54.1 Å². The first-order valence-electron chi connectivity index (χ1n) is 10.8. The molecule has 0 aromatic heterocycles. The lowest BCUT2D eigenvalue weighted by Gasteiger charge is -2.35. The number of carbonyl (C=O) groups excluding carboxylic acids is 1. The highest BCUT2D eigenvalue weighted by Crippen LogP contribution is 2.30. The van der Waals surface area contributed by atoms with Crippen molar-refractivity contribution in [2.24, 2.45) is 0 Å².